The number of benzene rings is 3. The highest BCUT2D eigenvalue weighted by Crippen LogP contribution is 2.30. The number of hydrogen-bond donors (Lipinski definition) is 1. The molecule has 0 aliphatic carbocycles. The fourth-order valence-electron chi connectivity index (χ4n) is 4.58. The monoisotopic (exact) mass is 516 g/mol. The van der Waals surface area contributed by atoms with Crippen LogP contribution in [0.5, 0.6) is 0 Å². The highest BCUT2D eigenvalue weighted by Gasteiger charge is 2.25. The van der Waals surface area contributed by atoms with Gasteiger partial charge in [-0.05, 0) is 78.4 Å². The van der Waals surface area contributed by atoms with Gasteiger partial charge in [-0.2, -0.15) is 0 Å². The summed E-state index contributed by atoms with van der Waals surface area (Å²) in [7, 11) is 0. The van der Waals surface area contributed by atoms with Gasteiger partial charge in [0.05, 0.1) is 5.52 Å². The van der Waals surface area contributed by atoms with E-state index in [1.165, 1.54) is 12.4 Å². The Balaban J connectivity index is 1.15. The highest BCUT2D eigenvalue weighted by atomic mass is 19.2. The largest absolute Gasteiger partial charge is 0.339 e. The van der Waals surface area contributed by atoms with Gasteiger partial charge in [-0.1, -0.05) is 12.1 Å². The summed E-state index contributed by atoms with van der Waals surface area (Å²) in [4.78, 5) is 35.3. The fraction of sp³-hybridized carbons (Fsp3) is 0.172. The molecule has 0 saturated carbocycles. The lowest BCUT2D eigenvalue weighted by Crippen LogP contribution is -2.37. The van der Waals surface area contributed by atoms with Crippen molar-refractivity contribution in [2.24, 2.45) is 0 Å². The second-order valence-corrected chi connectivity index (χ2v) is 9.11. The number of likely N-dealkylation sites (tertiary alicyclic amines) is 1. The molecule has 2 amide bonds. The molecule has 0 unspecified atom stereocenters. The summed E-state index contributed by atoms with van der Waals surface area (Å²) in [5, 5.41) is 3.51. The molecule has 9 heteroatoms. The zero-order valence-electron chi connectivity index (χ0n) is 20.2. The van der Waals surface area contributed by atoms with E-state index in [4.69, 9.17) is 0 Å². The Morgan fingerprint density at radius 2 is 1.66 bits per heavy atom. The van der Waals surface area contributed by atoms with Crippen LogP contribution >= 0.6 is 0 Å². The van der Waals surface area contributed by atoms with Crippen LogP contribution in [-0.4, -0.2) is 39.8 Å². The molecule has 1 fully saturated rings. The second kappa shape index (κ2) is 10.8. The van der Waals surface area contributed by atoms with Crippen molar-refractivity contribution in [1.29, 1.82) is 0 Å². The molecule has 0 radical (unpaired) electrons. The third kappa shape index (κ3) is 5.56. The molecule has 5 rings (SSSR count). The number of nitrogens with one attached hydrogen (secondary N) is 1. The van der Waals surface area contributed by atoms with Gasteiger partial charge in [-0.25, -0.2) is 23.1 Å². The molecule has 1 aromatic heterocycles. The maximum absolute atomic E-state index is 13.3. The van der Waals surface area contributed by atoms with Crippen molar-refractivity contribution in [2.75, 3.05) is 18.4 Å². The first kappa shape index (κ1) is 25.1. The number of amides is 2. The molecule has 192 valence electrons. The van der Waals surface area contributed by atoms with Crippen LogP contribution in [0.15, 0.2) is 73.2 Å². The SMILES string of the molecule is O=C(/C=C/c1cc(F)c(F)c(F)c1)Nc1ccc(C2CCN(C(=O)c3ccc4ncncc4c3)CC2)cc1. The van der Waals surface area contributed by atoms with Crippen LogP contribution in [0.25, 0.3) is 17.0 Å². The van der Waals surface area contributed by atoms with Crippen molar-refractivity contribution in [3.63, 3.8) is 0 Å². The molecule has 38 heavy (non-hydrogen) atoms. The maximum Gasteiger partial charge on any atom is 0.253 e. The highest BCUT2D eigenvalue weighted by molar-refractivity contribution is 6.02. The van der Waals surface area contributed by atoms with Gasteiger partial charge in [0.15, 0.2) is 17.5 Å². The van der Waals surface area contributed by atoms with Crippen molar-refractivity contribution in [3.05, 3.63) is 107 Å². The van der Waals surface area contributed by atoms with Gasteiger partial charge in [0, 0.05) is 42.0 Å². The number of aromatic nitrogens is 2. The predicted molar refractivity (Wildman–Crippen MR) is 138 cm³/mol. The molecular formula is C29H23F3N4O2. The van der Waals surface area contributed by atoms with E-state index in [9.17, 15) is 22.8 Å². The molecule has 1 aliphatic rings. The summed E-state index contributed by atoms with van der Waals surface area (Å²) in [5.41, 5.74) is 3.13. The molecule has 6 nitrogen and oxygen atoms in total. The first-order chi connectivity index (χ1) is 18.4. The quantitative estimate of drug-likeness (QED) is 0.272. The summed E-state index contributed by atoms with van der Waals surface area (Å²) < 4.78 is 39.7. The Labute approximate surface area is 216 Å². The van der Waals surface area contributed by atoms with Crippen molar-refractivity contribution in [2.45, 2.75) is 18.8 Å². The number of fused-ring (bicyclic) bond motifs is 1. The molecular weight excluding hydrogens is 493 g/mol. The van der Waals surface area contributed by atoms with Gasteiger partial charge < -0.3 is 10.2 Å². The van der Waals surface area contributed by atoms with Gasteiger partial charge in [0.2, 0.25) is 5.91 Å². The Hall–Kier alpha value is -4.53. The molecule has 1 N–H and O–H groups in total. The van der Waals surface area contributed by atoms with E-state index in [0.717, 1.165) is 47.5 Å². The Morgan fingerprint density at radius 3 is 2.37 bits per heavy atom. The third-order valence-electron chi connectivity index (χ3n) is 6.62. The van der Waals surface area contributed by atoms with Crippen LogP contribution in [0.1, 0.15) is 40.2 Å². The lowest BCUT2D eigenvalue weighted by molar-refractivity contribution is -0.111. The molecule has 0 spiro atoms. The summed E-state index contributed by atoms with van der Waals surface area (Å²) in [6.07, 6.45) is 7.14. The zero-order valence-corrected chi connectivity index (χ0v) is 20.2. The molecule has 1 saturated heterocycles. The molecule has 0 bridgehead atoms. The number of nitrogens with zero attached hydrogens (tertiary/aromatic N) is 3. The smallest absolute Gasteiger partial charge is 0.253 e. The molecule has 4 aromatic rings. The lowest BCUT2D eigenvalue weighted by atomic mass is 9.89. The van der Waals surface area contributed by atoms with Crippen LogP contribution in [0.2, 0.25) is 0 Å². The summed E-state index contributed by atoms with van der Waals surface area (Å²) in [6.45, 7) is 1.28. The van der Waals surface area contributed by atoms with Crippen molar-refractivity contribution in [3.8, 4) is 0 Å². The van der Waals surface area contributed by atoms with E-state index in [1.807, 2.05) is 29.2 Å². The molecule has 2 heterocycles. The first-order valence-corrected chi connectivity index (χ1v) is 12.1. The topological polar surface area (TPSA) is 75.2 Å². The standard InChI is InChI=1S/C29H23F3N4O2/c30-24-13-18(14-25(31)28(24)32)1-8-27(37)35-23-5-2-19(3-6-23)20-9-11-36(12-10-20)29(38)21-4-7-26-22(15-21)16-33-17-34-26/h1-8,13-17,20H,9-12H2,(H,35,37)/b8-1+. The van der Waals surface area contributed by atoms with Gasteiger partial charge in [0.1, 0.15) is 6.33 Å². The third-order valence-corrected chi connectivity index (χ3v) is 6.62. The van der Waals surface area contributed by atoms with Gasteiger partial charge in [0.25, 0.3) is 5.91 Å². The van der Waals surface area contributed by atoms with Gasteiger partial charge in [-0.15, -0.1) is 0 Å². The minimum absolute atomic E-state index is 0.00793. The number of halogens is 3. The van der Waals surface area contributed by atoms with E-state index in [2.05, 4.69) is 15.3 Å². The van der Waals surface area contributed by atoms with Crippen molar-refractivity contribution < 1.29 is 22.8 Å². The Morgan fingerprint density at radius 1 is 0.947 bits per heavy atom. The van der Waals surface area contributed by atoms with E-state index in [-0.39, 0.29) is 17.4 Å². The van der Waals surface area contributed by atoms with E-state index in [1.54, 1.807) is 24.4 Å². The number of hydrogen-bond acceptors (Lipinski definition) is 4. The minimum Gasteiger partial charge on any atom is -0.339 e. The van der Waals surface area contributed by atoms with Crippen LogP contribution in [0.4, 0.5) is 18.9 Å². The number of rotatable bonds is 5. The Bertz CT molecular complexity index is 1510. The molecule has 0 atom stereocenters. The molecule has 3 aromatic carbocycles. The maximum atomic E-state index is 13.3. The average Bonchev–Trinajstić information content (AvgIpc) is 2.94. The lowest BCUT2D eigenvalue weighted by Gasteiger charge is -2.32. The fourth-order valence-corrected chi connectivity index (χ4v) is 4.58. The van der Waals surface area contributed by atoms with Crippen LogP contribution in [0.3, 0.4) is 0 Å². The average molecular weight is 517 g/mol. The summed E-state index contributed by atoms with van der Waals surface area (Å²) in [5.74, 6) is -4.40. The van der Waals surface area contributed by atoms with Gasteiger partial charge in [-0.3, -0.25) is 9.59 Å². The molecule has 1 aliphatic heterocycles. The van der Waals surface area contributed by atoms with Crippen LogP contribution in [-0.2, 0) is 4.79 Å². The predicted octanol–water partition coefficient (Wildman–Crippen LogP) is 5.72. The van der Waals surface area contributed by atoms with E-state index < -0.39 is 23.4 Å². The zero-order chi connectivity index (χ0) is 26.6. The first-order valence-electron chi connectivity index (χ1n) is 12.1. The summed E-state index contributed by atoms with van der Waals surface area (Å²) >= 11 is 0. The minimum atomic E-state index is -1.55. The summed E-state index contributed by atoms with van der Waals surface area (Å²) in [6, 6.07) is 14.5. The van der Waals surface area contributed by atoms with Crippen LogP contribution < -0.4 is 5.32 Å². The van der Waals surface area contributed by atoms with E-state index in [0.29, 0.717) is 24.3 Å². The number of anilines is 1. The van der Waals surface area contributed by atoms with Crippen molar-refractivity contribution in [1.82, 2.24) is 14.9 Å². The number of carbonyl (C=O) groups excluding carboxylic acids is 2. The normalized spacial score (nSPS) is 14.2. The number of carbonyl (C=O) groups is 2. The number of piperidine rings is 1. The van der Waals surface area contributed by atoms with Crippen LogP contribution in [0, 0.1) is 17.5 Å². The van der Waals surface area contributed by atoms with Gasteiger partial charge >= 0.3 is 0 Å². The van der Waals surface area contributed by atoms with E-state index >= 15 is 0 Å². The van der Waals surface area contributed by atoms with Crippen molar-refractivity contribution >= 4 is 34.5 Å². The second-order valence-electron chi connectivity index (χ2n) is 9.11. The Kier molecular flexibility index (Phi) is 7.17.